The average Bonchev–Trinajstić information content (AvgIpc) is 2.99. The number of ether oxygens (including phenoxy) is 1. The minimum Gasteiger partial charge on any atom is -0.404 e. The van der Waals surface area contributed by atoms with Gasteiger partial charge in [-0.05, 0) is 29.9 Å². The van der Waals surface area contributed by atoms with Crippen LogP contribution < -0.4 is 4.52 Å². The number of benzene rings is 2. The molecule has 7 heteroatoms. The van der Waals surface area contributed by atoms with Gasteiger partial charge in [0, 0.05) is 32.1 Å². The number of phosphoric acid groups is 1. The highest BCUT2D eigenvalue weighted by Crippen LogP contribution is 2.41. The molecule has 1 heterocycles. The molecular formula is C17H22NO5P. The number of hydrogen-bond acceptors (Lipinski definition) is 4. The zero-order valence-electron chi connectivity index (χ0n) is 13.6. The summed E-state index contributed by atoms with van der Waals surface area (Å²) >= 11 is 0. The average molecular weight is 351 g/mol. The first kappa shape index (κ1) is 17.4. The van der Waals surface area contributed by atoms with Crippen molar-refractivity contribution in [1.29, 1.82) is 0 Å². The van der Waals surface area contributed by atoms with Gasteiger partial charge in [-0.2, -0.15) is 0 Å². The molecule has 1 aliphatic rings. The first-order valence-electron chi connectivity index (χ1n) is 7.97. The van der Waals surface area contributed by atoms with Crippen LogP contribution in [0.2, 0.25) is 0 Å². The Kier molecular flexibility index (Phi) is 5.23. The highest BCUT2D eigenvalue weighted by Gasteiger charge is 2.22. The zero-order valence-corrected chi connectivity index (χ0v) is 14.5. The Bertz CT molecular complexity index is 754. The van der Waals surface area contributed by atoms with Gasteiger partial charge in [-0.15, -0.1) is 0 Å². The van der Waals surface area contributed by atoms with Crippen molar-refractivity contribution in [1.82, 2.24) is 4.90 Å². The normalized spacial score (nSPS) is 19.0. The molecule has 1 fully saturated rings. The number of phosphoric ester groups is 1. The first-order valence-corrected chi connectivity index (χ1v) is 9.50. The molecule has 0 spiro atoms. The van der Waals surface area contributed by atoms with Crippen molar-refractivity contribution >= 4 is 18.6 Å². The number of likely N-dealkylation sites (tertiary alicyclic amines) is 1. The van der Waals surface area contributed by atoms with Gasteiger partial charge in [0.25, 0.3) is 0 Å². The first-order chi connectivity index (χ1) is 11.5. The largest absolute Gasteiger partial charge is 0.524 e. The van der Waals surface area contributed by atoms with Crippen LogP contribution >= 0.6 is 7.82 Å². The third kappa shape index (κ3) is 4.15. The van der Waals surface area contributed by atoms with Crippen molar-refractivity contribution in [2.45, 2.75) is 18.9 Å². The van der Waals surface area contributed by atoms with E-state index in [1.165, 1.54) is 0 Å². The summed E-state index contributed by atoms with van der Waals surface area (Å²) in [5.41, 5.74) is 1.03. The Labute approximate surface area is 141 Å². The molecule has 0 unspecified atom stereocenters. The van der Waals surface area contributed by atoms with Gasteiger partial charge in [-0.3, -0.25) is 9.79 Å². The number of hydrogen-bond donors (Lipinski definition) is 2. The Morgan fingerprint density at radius 2 is 2.00 bits per heavy atom. The van der Waals surface area contributed by atoms with Crippen LogP contribution in [0.15, 0.2) is 36.4 Å². The van der Waals surface area contributed by atoms with E-state index in [9.17, 15) is 4.57 Å². The van der Waals surface area contributed by atoms with Crippen LogP contribution in [0.4, 0.5) is 0 Å². The lowest BCUT2D eigenvalue weighted by molar-refractivity contribution is 0.108. The Morgan fingerprint density at radius 1 is 1.25 bits per heavy atom. The minimum absolute atomic E-state index is 0.229. The molecule has 1 aliphatic heterocycles. The molecule has 0 saturated carbocycles. The summed E-state index contributed by atoms with van der Waals surface area (Å²) in [5, 5.41) is 1.68. The smallest absolute Gasteiger partial charge is 0.404 e. The van der Waals surface area contributed by atoms with Crippen LogP contribution in [-0.4, -0.2) is 47.5 Å². The van der Waals surface area contributed by atoms with E-state index >= 15 is 0 Å². The van der Waals surface area contributed by atoms with E-state index < -0.39 is 7.82 Å². The summed E-state index contributed by atoms with van der Waals surface area (Å²) in [5.74, 6) is 0.229. The molecule has 0 aliphatic carbocycles. The monoisotopic (exact) mass is 351 g/mol. The molecule has 130 valence electrons. The molecule has 1 saturated heterocycles. The Balaban J connectivity index is 1.83. The topological polar surface area (TPSA) is 79.2 Å². The van der Waals surface area contributed by atoms with Gasteiger partial charge in [-0.25, -0.2) is 4.57 Å². The maximum Gasteiger partial charge on any atom is 0.524 e. The van der Waals surface area contributed by atoms with Crippen molar-refractivity contribution in [3.8, 4) is 5.75 Å². The summed E-state index contributed by atoms with van der Waals surface area (Å²) < 4.78 is 21.5. The SMILES string of the molecule is CO[C@@H]1CCN(CCc2cccc3cccc(OP(=O)(O)O)c23)C1. The molecular weight excluding hydrogens is 329 g/mol. The predicted molar refractivity (Wildman–Crippen MR) is 92.2 cm³/mol. The third-order valence-electron chi connectivity index (χ3n) is 4.43. The number of fused-ring (bicyclic) bond motifs is 1. The second-order valence-electron chi connectivity index (χ2n) is 6.05. The quantitative estimate of drug-likeness (QED) is 0.779. The van der Waals surface area contributed by atoms with E-state index in [0.29, 0.717) is 6.10 Å². The van der Waals surface area contributed by atoms with Gasteiger partial charge in [0.15, 0.2) is 0 Å². The van der Waals surface area contributed by atoms with Crippen molar-refractivity contribution in [3.05, 3.63) is 42.0 Å². The van der Waals surface area contributed by atoms with Gasteiger partial charge >= 0.3 is 7.82 Å². The lowest BCUT2D eigenvalue weighted by atomic mass is 10.0. The van der Waals surface area contributed by atoms with Crippen LogP contribution in [0, 0.1) is 0 Å². The lowest BCUT2D eigenvalue weighted by Crippen LogP contribution is -2.25. The van der Waals surface area contributed by atoms with Crippen LogP contribution in [0.5, 0.6) is 5.75 Å². The molecule has 1 atom stereocenters. The summed E-state index contributed by atoms with van der Waals surface area (Å²) in [6.07, 6.45) is 2.12. The maximum absolute atomic E-state index is 11.2. The fourth-order valence-electron chi connectivity index (χ4n) is 3.27. The van der Waals surface area contributed by atoms with Crippen LogP contribution in [-0.2, 0) is 15.7 Å². The fourth-order valence-corrected chi connectivity index (χ4v) is 3.67. The van der Waals surface area contributed by atoms with E-state index in [-0.39, 0.29) is 5.75 Å². The molecule has 0 aromatic heterocycles. The third-order valence-corrected chi connectivity index (χ3v) is 4.86. The second kappa shape index (κ2) is 7.21. The molecule has 0 bridgehead atoms. The number of rotatable bonds is 6. The lowest BCUT2D eigenvalue weighted by Gasteiger charge is -2.17. The Hall–Kier alpha value is -1.43. The summed E-state index contributed by atoms with van der Waals surface area (Å²) in [6.45, 7) is 2.81. The fraction of sp³-hybridized carbons (Fsp3) is 0.412. The standard InChI is InChI=1S/C17H22NO5P/c1-22-15-9-11-18(12-15)10-8-14-5-2-4-13-6-3-7-16(17(13)14)23-24(19,20)21/h2-7,15H,8-12H2,1H3,(H2,19,20,21)/t15-/m1/s1. The van der Waals surface area contributed by atoms with E-state index in [1.54, 1.807) is 19.2 Å². The van der Waals surface area contributed by atoms with Crippen molar-refractivity contribution < 1.29 is 23.6 Å². The molecule has 6 nitrogen and oxygen atoms in total. The molecule has 2 N–H and O–H groups in total. The molecule has 2 aromatic rings. The highest BCUT2D eigenvalue weighted by atomic mass is 31.2. The van der Waals surface area contributed by atoms with E-state index in [1.807, 2.05) is 24.3 Å². The van der Waals surface area contributed by atoms with Crippen molar-refractivity contribution in [2.24, 2.45) is 0 Å². The van der Waals surface area contributed by atoms with Crippen LogP contribution in [0.3, 0.4) is 0 Å². The van der Waals surface area contributed by atoms with Crippen LogP contribution in [0.1, 0.15) is 12.0 Å². The molecule has 0 amide bonds. The molecule has 3 rings (SSSR count). The molecule has 24 heavy (non-hydrogen) atoms. The van der Waals surface area contributed by atoms with Gasteiger partial charge in [0.1, 0.15) is 5.75 Å². The van der Waals surface area contributed by atoms with Gasteiger partial charge < -0.3 is 14.2 Å². The van der Waals surface area contributed by atoms with E-state index in [0.717, 1.165) is 48.8 Å². The Morgan fingerprint density at radius 3 is 2.67 bits per heavy atom. The second-order valence-corrected chi connectivity index (χ2v) is 7.21. The molecule has 2 aromatic carbocycles. The summed E-state index contributed by atoms with van der Waals surface area (Å²) in [4.78, 5) is 20.6. The predicted octanol–water partition coefficient (Wildman–Crippen LogP) is 2.57. The highest BCUT2D eigenvalue weighted by molar-refractivity contribution is 7.46. The van der Waals surface area contributed by atoms with Crippen molar-refractivity contribution in [2.75, 3.05) is 26.7 Å². The maximum atomic E-state index is 11.2. The zero-order chi connectivity index (χ0) is 17.2. The number of methoxy groups -OCH3 is 1. The van der Waals surface area contributed by atoms with Gasteiger partial charge in [-0.1, -0.05) is 30.3 Å². The van der Waals surface area contributed by atoms with Gasteiger partial charge in [0.2, 0.25) is 0 Å². The molecule has 0 radical (unpaired) electrons. The summed E-state index contributed by atoms with van der Waals surface area (Å²) in [6, 6.07) is 11.1. The minimum atomic E-state index is -4.59. The van der Waals surface area contributed by atoms with Crippen molar-refractivity contribution in [3.63, 3.8) is 0 Å². The van der Waals surface area contributed by atoms with Crippen LogP contribution in [0.25, 0.3) is 10.8 Å². The number of nitrogens with zero attached hydrogens (tertiary/aromatic N) is 1. The van der Waals surface area contributed by atoms with Gasteiger partial charge in [0.05, 0.1) is 6.10 Å². The van der Waals surface area contributed by atoms with E-state index in [2.05, 4.69) is 4.90 Å². The van der Waals surface area contributed by atoms with E-state index in [4.69, 9.17) is 19.0 Å². The summed E-state index contributed by atoms with van der Waals surface area (Å²) in [7, 11) is -2.85.